The van der Waals surface area contributed by atoms with Crippen LogP contribution in [0.4, 0.5) is 0 Å². The normalized spacial score (nSPS) is 25.3. The second-order valence-electron chi connectivity index (χ2n) is 4.39. The first kappa shape index (κ1) is 12.0. The Morgan fingerprint density at radius 3 is 2.50 bits per heavy atom. The summed E-state index contributed by atoms with van der Waals surface area (Å²) >= 11 is 0. The molecule has 0 aromatic carbocycles. The zero-order valence-corrected chi connectivity index (χ0v) is 9.71. The molecule has 1 saturated heterocycles. The molecule has 1 aliphatic rings. The van der Waals surface area contributed by atoms with Crippen molar-refractivity contribution in [2.24, 2.45) is 0 Å². The average Bonchev–Trinajstić information content (AvgIpc) is 2.45. The first-order valence-corrected chi connectivity index (χ1v) is 6.20. The van der Waals surface area contributed by atoms with Gasteiger partial charge in [0.05, 0.1) is 6.61 Å². The summed E-state index contributed by atoms with van der Waals surface area (Å²) in [5.74, 6) is 0. The van der Waals surface area contributed by atoms with Gasteiger partial charge in [-0.3, -0.25) is 4.90 Å². The van der Waals surface area contributed by atoms with Crippen molar-refractivity contribution in [3.8, 4) is 0 Å². The molecule has 1 atom stereocenters. The van der Waals surface area contributed by atoms with Gasteiger partial charge in [0.1, 0.15) is 0 Å². The molecule has 1 heterocycles. The highest BCUT2D eigenvalue weighted by atomic mass is 16.3. The van der Waals surface area contributed by atoms with Crippen LogP contribution in [0.15, 0.2) is 0 Å². The molecular formula is C12H25NO. The first-order valence-electron chi connectivity index (χ1n) is 6.20. The maximum atomic E-state index is 9.38. The maximum absolute atomic E-state index is 9.38. The van der Waals surface area contributed by atoms with Gasteiger partial charge < -0.3 is 5.11 Å². The Hall–Kier alpha value is -0.0800. The molecule has 0 bridgehead atoms. The fourth-order valence-electron chi connectivity index (χ4n) is 2.63. The smallest absolute Gasteiger partial charge is 0.0586 e. The van der Waals surface area contributed by atoms with E-state index in [2.05, 4.69) is 18.7 Å². The molecule has 14 heavy (non-hydrogen) atoms. The van der Waals surface area contributed by atoms with Crippen LogP contribution in [0.5, 0.6) is 0 Å². The highest BCUT2D eigenvalue weighted by Gasteiger charge is 2.24. The largest absolute Gasteiger partial charge is 0.395 e. The number of rotatable bonds is 4. The second-order valence-corrected chi connectivity index (χ2v) is 4.39. The molecule has 84 valence electrons. The first-order chi connectivity index (χ1) is 6.83. The van der Waals surface area contributed by atoms with Crippen molar-refractivity contribution in [3.05, 3.63) is 0 Å². The molecule has 0 aliphatic carbocycles. The number of hydrogen-bond donors (Lipinski definition) is 1. The van der Waals surface area contributed by atoms with Gasteiger partial charge in [-0.2, -0.15) is 0 Å². The lowest BCUT2D eigenvalue weighted by Gasteiger charge is -2.35. The minimum atomic E-state index is 0.344. The second kappa shape index (κ2) is 6.41. The van der Waals surface area contributed by atoms with E-state index in [4.69, 9.17) is 0 Å². The van der Waals surface area contributed by atoms with Crippen LogP contribution in [0, 0.1) is 0 Å². The van der Waals surface area contributed by atoms with Crippen molar-refractivity contribution in [2.75, 3.05) is 13.2 Å². The van der Waals surface area contributed by atoms with E-state index in [-0.39, 0.29) is 0 Å². The van der Waals surface area contributed by atoms with Gasteiger partial charge in [-0.05, 0) is 32.2 Å². The Morgan fingerprint density at radius 1 is 1.21 bits per heavy atom. The van der Waals surface area contributed by atoms with Gasteiger partial charge in [-0.15, -0.1) is 0 Å². The van der Waals surface area contributed by atoms with Crippen molar-refractivity contribution in [2.45, 2.75) is 64.5 Å². The fourth-order valence-corrected chi connectivity index (χ4v) is 2.63. The fraction of sp³-hybridized carbons (Fsp3) is 1.00. The number of aliphatic hydroxyl groups is 1. The van der Waals surface area contributed by atoms with E-state index in [1.54, 1.807) is 0 Å². The molecule has 0 saturated carbocycles. The van der Waals surface area contributed by atoms with Crippen LogP contribution in [0.2, 0.25) is 0 Å². The number of aliphatic hydroxyl groups excluding tert-OH is 1. The zero-order valence-electron chi connectivity index (χ0n) is 9.71. The molecule has 1 unspecified atom stereocenters. The van der Waals surface area contributed by atoms with Crippen molar-refractivity contribution >= 4 is 0 Å². The van der Waals surface area contributed by atoms with Gasteiger partial charge in [0.25, 0.3) is 0 Å². The zero-order chi connectivity index (χ0) is 10.4. The van der Waals surface area contributed by atoms with E-state index in [9.17, 15) is 5.11 Å². The molecule has 2 heteroatoms. The van der Waals surface area contributed by atoms with Gasteiger partial charge in [0.2, 0.25) is 0 Å². The summed E-state index contributed by atoms with van der Waals surface area (Å²) in [6.07, 6.45) is 7.56. The summed E-state index contributed by atoms with van der Waals surface area (Å²) < 4.78 is 0. The minimum Gasteiger partial charge on any atom is -0.395 e. The molecule has 1 rings (SSSR count). The van der Waals surface area contributed by atoms with E-state index < -0.39 is 0 Å². The summed E-state index contributed by atoms with van der Waals surface area (Å²) in [4.78, 5) is 2.55. The van der Waals surface area contributed by atoms with E-state index in [0.717, 1.165) is 0 Å². The Balaban J connectivity index is 2.58. The van der Waals surface area contributed by atoms with Gasteiger partial charge in [0, 0.05) is 12.1 Å². The third kappa shape index (κ3) is 2.96. The number of hydrogen-bond acceptors (Lipinski definition) is 2. The van der Waals surface area contributed by atoms with Crippen LogP contribution in [-0.4, -0.2) is 35.2 Å². The predicted octanol–water partition coefficient (Wildman–Crippen LogP) is 2.41. The summed E-state index contributed by atoms with van der Waals surface area (Å²) in [5, 5.41) is 9.38. The third-order valence-corrected chi connectivity index (χ3v) is 3.54. The van der Waals surface area contributed by atoms with Gasteiger partial charge >= 0.3 is 0 Å². The molecule has 1 N–H and O–H groups in total. The SMILES string of the molecule is CCC(CC)N1CCCCCC1CO. The molecular weight excluding hydrogens is 174 g/mol. The lowest BCUT2D eigenvalue weighted by Crippen LogP contribution is -2.44. The minimum absolute atomic E-state index is 0.344. The van der Waals surface area contributed by atoms with Crippen LogP contribution >= 0.6 is 0 Å². The van der Waals surface area contributed by atoms with Gasteiger partial charge in [-0.1, -0.05) is 26.7 Å². The Labute approximate surface area is 88.3 Å². The molecule has 0 aromatic heterocycles. The number of nitrogens with zero attached hydrogens (tertiary/aromatic N) is 1. The molecule has 1 fully saturated rings. The lowest BCUT2D eigenvalue weighted by atomic mass is 10.1. The van der Waals surface area contributed by atoms with E-state index in [0.29, 0.717) is 18.7 Å². The Morgan fingerprint density at radius 2 is 1.93 bits per heavy atom. The summed E-state index contributed by atoms with van der Waals surface area (Å²) in [6.45, 7) is 6.05. The topological polar surface area (TPSA) is 23.5 Å². The van der Waals surface area contributed by atoms with Gasteiger partial charge in [0.15, 0.2) is 0 Å². The van der Waals surface area contributed by atoms with Crippen LogP contribution < -0.4 is 0 Å². The molecule has 2 nitrogen and oxygen atoms in total. The van der Waals surface area contributed by atoms with Crippen LogP contribution in [0.1, 0.15) is 52.4 Å². The van der Waals surface area contributed by atoms with Gasteiger partial charge in [-0.25, -0.2) is 0 Å². The summed E-state index contributed by atoms with van der Waals surface area (Å²) in [6, 6.07) is 1.12. The number of likely N-dealkylation sites (tertiary alicyclic amines) is 1. The van der Waals surface area contributed by atoms with E-state index >= 15 is 0 Å². The third-order valence-electron chi connectivity index (χ3n) is 3.54. The van der Waals surface area contributed by atoms with Crippen molar-refractivity contribution in [3.63, 3.8) is 0 Å². The molecule has 1 aliphatic heterocycles. The highest BCUT2D eigenvalue weighted by Crippen LogP contribution is 2.21. The monoisotopic (exact) mass is 199 g/mol. The van der Waals surface area contributed by atoms with E-state index in [1.807, 2.05) is 0 Å². The van der Waals surface area contributed by atoms with Crippen molar-refractivity contribution in [1.29, 1.82) is 0 Å². The molecule has 0 amide bonds. The molecule has 0 spiro atoms. The highest BCUT2D eigenvalue weighted by molar-refractivity contribution is 4.80. The quantitative estimate of drug-likeness (QED) is 0.751. The molecule has 0 radical (unpaired) electrons. The maximum Gasteiger partial charge on any atom is 0.0586 e. The average molecular weight is 199 g/mol. The summed E-state index contributed by atoms with van der Waals surface area (Å²) in [5.41, 5.74) is 0. The van der Waals surface area contributed by atoms with Crippen LogP contribution in [0.25, 0.3) is 0 Å². The summed E-state index contributed by atoms with van der Waals surface area (Å²) in [7, 11) is 0. The predicted molar refractivity (Wildman–Crippen MR) is 60.4 cm³/mol. The Bertz CT molecular complexity index is 145. The Kier molecular flexibility index (Phi) is 5.49. The van der Waals surface area contributed by atoms with Crippen LogP contribution in [0.3, 0.4) is 0 Å². The van der Waals surface area contributed by atoms with E-state index in [1.165, 1.54) is 45.1 Å². The van der Waals surface area contributed by atoms with Crippen LogP contribution in [-0.2, 0) is 0 Å². The lowest BCUT2D eigenvalue weighted by molar-refractivity contribution is 0.0804. The van der Waals surface area contributed by atoms with Crippen molar-refractivity contribution in [1.82, 2.24) is 4.90 Å². The van der Waals surface area contributed by atoms with Crippen molar-refractivity contribution < 1.29 is 5.11 Å². The standard InChI is InChI=1S/C12H25NO/c1-3-11(4-2)13-9-7-5-6-8-12(13)10-14/h11-12,14H,3-10H2,1-2H3. The molecule has 0 aromatic rings.